The van der Waals surface area contributed by atoms with Crippen LogP contribution < -0.4 is 29.2 Å². The van der Waals surface area contributed by atoms with Crippen molar-refractivity contribution in [2.75, 3.05) is 8.46 Å². The van der Waals surface area contributed by atoms with Gasteiger partial charge in [-0.05, 0) is 68.3 Å². The molecule has 0 aliphatic carbocycles. The number of anilines is 2. The topological polar surface area (TPSA) is 16.3 Å². The molecule has 70 heavy (non-hydrogen) atoms. The Morgan fingerprint density at radius 3 is 0.771 bits per heavy atom. The van der Waals surface area contributed by atoms with E-state index in [1.807, 2.05) is 0 Å². The molecule has 1 aliphatic heterocycles. The first-order valence-electron chi connectivity index (χ1n) is 24.1. The molecule has 0 N–H and O–H groups in total. The molecule has 0 unspecified atom stereocenters. The first-order chi connectivity index (χ1) is 34.8. The van der Waals surface area contributed by atoms with E-state index in [0.717, 1.165) is 22.4 Å². The highest BCUT2D eigenvalue weighted by Crippen LogP contribution is 2.55. The summed E-state index contributed by atoms with van der Waals surface area (Å²) in [6.07, 6.45) is 0. The molecule has 1 saturated heterocycles. The number of nitrogens with zero attached hydrogens (tertiary/aromatic N) is 4. The normalized spacial score (nSPS) is 13.9. The van der Waals surface area contributed by atoms with Crippen molar-refractivity contribution in [3.8, 4) is 33.6 Å². The average molecular weight is 929 g/mol. The summed E-state index contributed by atoms with van der Waals surface area (Å²) < 4.78 is 11.3. The molecule has 0 saturated carbocycles. The van der Waals surface area contributed by atoms with Crippen molar-refractivity contribution in [2.24, 2.45) is 0 Å². The minimum absolute atomic E-state index is 1.12. The summed E-state index contributed by atoms with van der Waals surface area (Å²) in [6.45, 7) is 0. The first kappa shape index (κ1) is 41.5. The van der Waals surface area contributed by atoms with Gasteiger partial charge >= 0.3 is 16.8 Å². The van der Waals surface area contributed by atoms with Crippen LogP contribution in [0.3, 0.4) is 0 Å². The lowest BCUT2D eigenvalue weighted by atomic mass is 10.0. The molecule has 13 rings (SSSR count). The molecular formula is C64H48N4Si2. The molecule has 4 nitrogen and oxygen atoms in total. The highest BCUT2D eigenvalue weighted by molar-refractivity contribution is 7.38. The van der Waals surface area contributed by atoms with Gasteiger partial charge in [0.25, 0.3) is 0 Å². The molecule has 0 amide bonds. The van der Waals surface area contributed by atoms with E-state index in [1.165, 1.54) is 65.4 Å². The Labute approximate surface area is 411 Å². The second-order valence-electron chi connectivity index (χ2n) is 18.0. The molecule has 0 radical (unpaired) electrons. The van der Waals surface area contributed by atoms with Gasteiger partial charge in [0.1, 0.15) is 11.6 Å². The minimum Gasteiger partial charge on any atom is -0.363 e. The van der Waals surface area contributed by atoms with E-state index in [1.54, 1.807) is 0 Å². The Balaban J connectivity index is 1.34. The maximum Gasteiger partial charge on any atom is 0.320 e. The second kappa shape index (κ2) is 17.1. The maximum atomic E-state index is 3.08. The zero-order valence-corrected chi connectivity index (χ0v) is 40.5. The summed E-state index contributed by atoms with van der Waals surface area (Å²) in [5, 5.41) is 7.60. The Morgan fingerprint density at radius 1 is 0.229 bits per heavy atom. The fraction of sp³-hybridized carbons (Fsp3) is 0. The van der Waals surface area contributed by atoms with Crippen molar-refractivity contribution in [1.29, 1.82) is 0 Å². The third-order valence-corrected chi connectivity index (χ3v) is 26.1. The molecule has 2 aromatic heterocycles. The van der Waals surface area contributed by atoms with Gasteiger partial charge in [0.05, 0.1) is 11.0 Å². The molecule has 0 atom stereocenters. The molecule has 0 bridgehead atoms. The summed E-state index contributed by atoms with van der Waals surface area (Å²) in [5.74, 6) is 2.38. The van der Waals surface area contributed by atoms with E-state index in [9.17, 15) is 0 Å². The molecule has 1 fully saturated rings. The SMILES string of the molecule is c1ccc(-c2c(N3[Si](c4ccccc4)(c4ccccc4)N(c4c(-c5ccccc5)c5ccccc5n4-c4ccccc4)[Si]3(c3ccccc3)c3ccccc3)n(-c3ccccc3)c3ccccc23)cc1. The molecular weight excluding hydrogens is 881 g/mol. The average Bonchev–Trinajstić information content (AvgIpc) is 3.96. The summed E-state index contributed by atoms with van der Waals surface area (Å²) in [7, 11) is -7.27. The van der Waals surface area contributed by atoms with Gasteiger partial charge in [-0.2, -0.15) is 0 Å². The predicted octanol–water partition coefficient (Wildman–Crippen LogP) is 12.7. The van der Waals surface area contributed by atoms with Crippen LogP contribution >= 0.6 is 0 Å². The van der Waals surface area contributed by atoms with Crippen molar-refractivity contribution in [1.82, 2.24) is 9.13 Å². The van der Waals surface area contributed by atoms with Gasteiger partial charge in [0.2, 0.25) is 0 Å². The van der Waals surface area contributed by atoms with Crippen LogP contribution in [0.5, 0.6) is 0 Å². The first-order valence-corrected chi connectivity index (χ1v) is 27.9. The third-order valence-electron chi connectivity index (χ3n) is 14.3. The number of fused-ring (bicyclic) bond motifs is 2. The van der Waals surface area contributed by atoms with Crippen molar-refractivity contribution in [3.05, 3.63) is 291 Å². The molecule has 1 aliphatic rings. The van der Waals surface area contributed by atoms with Gasteiger partial charge in [-0.1, -0.05) is 255 Å². The largest absolute Gasteiger partial charge is 0.363 e. The third kappa shape index (κ3) is 6.14. The minimum atomic E-state index is -3.63. The van der Waals surface area contributed by atoms with E-state index in [-0.39, 0.29) is 0 Å². The van der Waals surface area contributed by atoms with Crippen LogP contribution in [0.1, 0.15) is 0 Å². The van der Waals surface area contributed by atoms with E-state index in [0.29, 0.717) is 0 Å². The van der Waals surface area contributed by atoms with Crippen LogP contribution in [0, 0.1) is 0 Å². The fourth-order valence-corrected chi connectivity index (χ4v) is 26.8. The standard InChI is InChI=1S/C64H48N4Si2/c1-9-29-49(30-10-1)61-57-45-25-27-47-59(57)65(51-33-13-3-14-34-51)63(61)67-69(53-37-17-5-18-38-53,54-39-19-6-20-40-54)68(70(67,55-41-21-7-22-42-55)56-43-23-8-24-44-56)64-62(50-31-11-2-12-32-50)58-46-26-28-48-60(58)66(64)52-35-15-4-16-36-52/h1-48H. The highest BCUT2D eigenvalue weighted by atomic mass is 28.5. The summed E-state index contributed by atoms with van der Waals surface area (Å²) in [5.41, 5.74) is 9.36. The molecule has 3 heterocycles. The van der Waals surface area contributed by atoms with Crippen LogP contribution in [0.15, 0.2) is 291 Å². The van der Waals surface area contributed by atoms with Crippen LogP contribution in [-0.4, -0.2) is 25.9 Å². The Kier molecular flexibility index (Phi) is 10.2. The van der Waals surface area contributed by atoms with Crippen LogP contribution in [0.2, 0.25) is 0 Å². The zero-order valence-electron chi connectivity index (χ0n) is 38.5. The highest BCUT2D eigenvalue weighted by Gasteiger charge is 2.77. The lowest BCUT2D eigenvalue weighted by Gasteiger charge is -2.72. The van der Waals surface area contributed by atoms with Gasteiger partial charge in [-0.15, -0.1) is 0 Å². The Hall–Kier alpha value is -8.69. The molecule has 12 aromatic rings. The lowest BCUT2D eigenvalue weighted by Crippen LogP contribution is -3.08. The smallest absolute Gasteiger partial charge is 0.320 e. The lowest BCUT2D eigenvalue weighted by molar-refractivity contribution is 1.04. The van der Waals surface area contributed by atoms with Crippen LogP contribution in [-0.2, 0) is 0 Å². The number of hydrogen-bond donors (Lipinski definition) is 0. The Bertz CT molecular complexity index is 3260. The van der Waals surface area contributed by atoms with Gasteiger partial charge in [0.15, 0.2) is 0 Å². The van der Waals surface area contributed by atoms with Gasteiger partial charge in [-0.25, -0.2) is 0 Å². The van der Waals surface area contributed by atoms with E-state index < -0.39 is 16.8 Å². The molecule has 6 heteroatoms. The van der Waals surface area contributed by atoms with Gasteiger partial charge in [-0.3, -0.25) is 9.13 Å². The van der Waals surface area contributed by atoms with E-state index in [2.05, 4.69) is 309 Å². The van der Waals surface area contributed by atoms with E-state index >= 15 is 0 Å². The molecule has 10 aromatic carbocycles. The quantitative estimate of drug-likeness (QED) is 0.127. The number of aromatic nitrogens is 2. The van der Waals surface area contributed by atoms with Crippen molar-refractivity contribution in [3.63, 3.8) is 0 Å². The zero-order chi connectivity index (χ0) is 46.5. The van der Waals surface area contributed by atoms with Crippen molar-refractivity contribution < 1.29 is 0 Å². The number of hydrogen-bond acceptors (Lipinski definition) is 2. The Morgan fingerprint density at radius 2 is 0.471 bits per heavy atom. The summed E-state index contributed by atoms with van der Waals surface area (Å²) >= 11 is 0. The van der Waals surface area contributed by atoms with Gasteiger partial charge < -0.3 is 8.46 Å². The predicted molar refractivity (Wildman–Crippen MR) is 298 cm³/mol. The van der Waals surface area contributed by atoms with Crippen molar-refractivity contribution in [2.45, 2.75) is 0 Å². The van der Waals surface area contributed by atoms with Gasteiger partial charge in [0, 0.05) is 33.3 Å². The monoisotopic (exact) mass is 928 g/mol. The summed E-state index contributed by atoms with van der Waals surface area (Å²) in [6, 6.07) is 109. The molecule has 332 valence electrons. The number of rotatable bonds is 10. The molecule has 0 spiro atoms. The fourth-order valence-electron chi connectivity index (χ4n) is 11.6. The van der Waals surface area contributed by atoms with E-state index in [4.69, 9.17) is 0 Å². The number of para-hydroxylation sites is 4. The van der Waals surface area contributed by atoms with Crippen molar-refractivity contribution >= 4 is 71.0 Å². The maximum absolute atomic E-state index is 3.63. The number of benzene rings is 10. The van der Waals surface area contributed by atoms with Crippen LogP contribution in [0.25, 0.3) is 55.4 Å². The van der Waals surface area contributed by atoms with Crippen LogP contribution in [0.4, 0.5) is 11.6 Å². The summed E-state index contributed by atoms with van der Waals surface area (Å²) in [4.78, 5) is 0. The second-order valence-corrected chi connectivity index (χ2v) is 25.7.